The molecule has 4 rings (SSSR count). The predicted octanol–water partition coefficient (Wildman–Crippen LogP) is 3.55. The molecule has 154 valence electrons. The fourth-order valence-corrected chi connectivity index (χ4v) is 4.10. The zero-order chi connectivity index (χ0) is 21.3. The average Bonchev–Trinajstić information content (AvgIpc) is 3.14. The summed E-state index contributed by atoms with van der Waals surface area (Å²) < 4.78 is 7.48. The molecule has 0 radical (unpaired) electrons. The first-order valence-electron chi connectivity index (χ1n) is 9.98. The lowest BCUT2D eigenvalue weighted by molar-refractivity contribution is -0.162. The van der Waals surface area contributed by atoms with Gasteiger partial charge in [0, 0.05) is 18.2 Å². The second-order valence-electron chi connectivity index (χ2n) is 7.63. The Bertz CT molecular complexity index is 1060. The first-order valence-corrected chi connectivity index (χ1v) is 9.98. The van der Waals surface area contributed by atoms with Crippen LogP contribution in [-0.2, 0) is 9.53 Å². The molecule has 1 aliphatic heterocycles. The van der Waals surface area contributed by atoms with Gasteiger partial charge in [-0.3, -0.25) is 9.59 Å². The van der Waals surface area contributed by atoms with Crippen LogP contribution in [0.5, 0.6) is 0 Å². The van der Waals surface area contributed by atoms with Gasteiger partial charge in [-0.2, -0.15) is 0 Å². The summed E-state index contributed by atoms with van der Waals surface area (Å²) in [6.07, 6.45) is 0.819. The third-order valence-electron chi connectivity index (χ3n) is 5.57. The monoisotopic (exact) mass is 404 g/mol. The Labute approximate surface area is 174 Å². The van der Waals surface area contributed by atoms with E-state index in [2.05, 4.69) is 0 Å². The van der Waals surface area contributed by atoms with Crippen molar-refractivity contribution in [3.63, 3.8) is 0 Å². The lowest BCUT2D eigenvalue weighted by atomic mass is 9.96. The standard InChI is InChI=1S/C24H24N2O4/c1-15(20-12-18(27)13-21(28)30-20)26-14-19(24(25)29)22(16-8-4-2-5-9-16)23(26)17-10-6-3-7-11-17/h2-11,14-15,18,20,27H,12-13H2,1H3,(H2,25,29). The maximum absolute atomic E-state index is 12.4. The maximum atomic E-state index is 12.4. The Morgan fingerprint density at radius 2 is 1.70 bits per heavy atom. The number of hydrogen-bond donors (Lipinski definition) is 2. The molecule has 0 aliphatic carbocycles. The number of rotatable bonds is 5. The number of nitrogens with two attached hydrogens (primary N) is 1. The van der Waals surface area contributed by atoms with E-state index in [1.54, 1.807) is 6.20 Å². The number of carbonyl (C=O) groups excluding carboxylic acids is 2. The molecule has 1 aliphatic rings. The predicted molar refractivity (Wildman–Crippen MR) is 114 cm³/mol. The van der Waals surface area contributed by atoms with Crippen LogP contribution in [0, 0.1) is 0 Å². The van der Waals surface area contributed by atoms with Crippen molar-refractivity contribution >= 4 is 11.9 Å². The van der Waals surface area contributed by atoms with E-state index in [9.17, 15) is 14.7 Å². The summed E-state index contributed by atoms with van der Waals surface area (Å²) in [5, 5.41) is 10.1. The van der Waals surface area contributed by atoms with Gasteiger partial charge in [-0.05, 0) is 18.1 Å². The molecule has 6 heteroatoms. The lowest BCUT2D eigenvalue weighted by Crippen LogP contribution is -2.37. The first-order chi connectivity index (χ1) is 14.5. The van der Waals surface area contributed by atoms with E-state index in [0.29, 0.717) is 12.0 Å². The van der Waals surface area contributed by atoms with E-state index in [-0.39, 0.29) is 12.5 Å². The van der Waals surface area contributed by atoms with Gasteiger partial charge in [0.1, 0.15) is 6.10 Å². The van der Waals surface area contributed by atoms with Gasteiger partial charge in [-0.15, -0.1) is 0 Å². The third-order valence-corrected chi connectivity index (χ3v) is 5.57. The van der Waals surface area contributed by atoms with Crippen molar-refractivity contribution in [3.8, 4) is 22.4 Å². The van der Waals surface area contributed by atoms with Crippen LogP contribution >= 0.6 is 0 Å². The van der Waals surface area contributed by atoms with Crippen LogP contribution < -0.4 is 5.73 Å². The molecule has 2 aromatic carbocycles. The number of ether oxygens (including phenoxy) is 1. The van der Waals surface area contributed by atoms with Gasteiger partial charge in [0.25, 0.3) is 5.91 Å². The van der Waals surface area contributed by atoms with E-state index in [4.69, 9.17) is 10.5 Å². The van der Waals surface area contributed by atoms with Crippen LogP contribution in [0.25, 0.3) is 22.4 Å². The average molecular weight is 404 g/mol. The van der Waals surface area contributed by atoms with Crippen LogP contribution in [0.4, 0.5) is 0 Å². The highest BCUT2D eigenvalue weighted by atomic mass is 16.5. The van der Waals surface area contributed by atoms with Crippen molar-refractivity contribution in [2.24, 2.45) is 5.73 Å². The number of benzene rings is 2. The molecule has 0 spiro atoms. The quantitative estimate of drug-likeness (QED) is 0.636. The Morgan fingerprint density at radius 3 is 2.27 bits per heavy atom. The Kier molecular flexibility index (Phi) is 5.42. The van der Waals surface area contributed by atoms with Crippen LogP contribution in [0.1, 0.15) is 36.2 Å². The SMILES string of the molecule is CC(C1CC(O)CC(=O)O1)n1cc(C(N)=O)c(-c2ccccc2)c1-c1ccccc1. The molecule has 1 fully saturated rings. The van der Waals surface area contributed by atoms with Crippen molar-refractivity contribution in [3.05, 3.63) is 72.4 Å². The van der Waals surface area contributed by atoms with Crippen molar-refractivity contribution in [1.82, 2.24) is 4.57 Å². The normalized spacial score (nSPS) is 19.9. The number of esters is 1. The fourth-order valence-electron chi connectivity index (χ4n) is 4.10. The highest BCUT2D eigenvalue weighted by molar-refractivity contribution is 6.04. The summed E-state index contributed by atoms with van der Waals surface area (Å²) in [6.45, 7) is 1.92. The summed E-state index contributed by atoms with van der Waals surface area (Å²) in [5.41, 5.74) is 9.50. The van der Waals surface area contributed by atoms with Crippen molar-refractivity contribution in [1.29, 1.82) is 0 Å². The highest BCUT2D eigenvalue weighted by Crippen LogP contribution is 2.40. The number of nitrogens with zero attached hydrogens (tertiary/aromatic N) is 1. The van der Waals surface area contributed by atoms with E-state index >= 15 is 0 Å². The van der Waals surface area contributed by atoms with E-state index in [0.717, 1.165) is 22.4 Å². The minimum atomic E-state index is -0.737. The molecule has 3 aromatic rings. The molecule has 1 aromatic heterocycles. The minimum Gasteiger partial charge on any atom is -0.460 e. The van der Waals surface area contributed by atoms with Gasteiger partial charge in [0.2, 0.25) is 0 Å². The molecular weight excluding hydrogens is 380 g/mol. The Balaban J connectivity index is 1.92. The third kappa shape index (κ3) is 3.74. The molecule has 30 heavy (non-hydrogen) atoms. The number of aliphatic hydroxyl groups is 1. The van der Waals surface area contributed by atoms with Gasteiger partial charge in [-0.1, -0.05) is 60.7 Å². The maximum Gasteiger partial charge on any atom is 0.308 e. The van der Waals surface area contributed by atoms with Crippen molar-refractivity contribution < 1.29 is 19.4 Å². The molecule has 3 atom stereocenters. The highest BCUT2D eigenvalue weighted by Gasteiger charge is 2.34. The number of amides is 1. The number of aromatic nitrogens is 1. The van der Waals surface area contributed by atoms with Crippen LogP contribution in [0.2, 0.25) is 0 Å². The zero-order valence-electron chi connectivity index (χ0n) is 16.7. The Morgan fingerprint density at radius 1 is 1.10 bits per heavy atom. The zero-order valence-corrected chi connectivity index (χ0v) is 16.7. The number of hydrogen-bond acceptors (Lipinski definition) is 4. The molecule has 6 nitrogen and oxygen atoms in total. The van der Waals surface area contributed by atoms with Gasteiger partial charge in [0.15, 0.2) is 0 Å². The molecule has 2 heterocycles. The molecule has 1 saturated heterocycles. The number of aliphatic hydroxyl groups excluding tert-OH is 1. The van der Waals surface area contributed by atoms with E-state index < -0.39 is 24.1 Å². The topological polar surface area (TPSA) is 94.6 Å². The molecular formula is C24H24N2O4. The van der Waals surface area contributed by atoms with Gasteiger partial charge >= 0.3 is 5.97 Å². The minimum absolute atomic E-state index is 0.00222. The molecule has 1 amide bonds. The lowest BCUT2D eigenvalue weighted by Gasteiger charge is -2.32. The van der Waals surface area contributed by atoms with Crippen molar-refractivity contribution in [2.75, 3.05) is 0 Å². The number of carbonyl (C=O) groups is 2. The van der Waals surface area contributed by atoms with Crippen LogP contribution in [0.15, 0.2) is 66.9 Å². The summed E-state index contributed by atoms with van der Waals surface area (Å²) in [6, 6.07) is 19.0. The van der Waals surface area contributed by atoms with E-state index in [1.807, 2.05) is 72.2 Å². The summed E-state index contributed by atoms with van der Waals surface area (Å²) in [5.74, 6) is -0.949. The van der Waals surface area contributed by atoms with Crippen LogP contribution in [0.3, 0.4) is 0 Å². The van der Waals surface area contributed by atoms with Crippen molar-refractivity contribution in [2.45, 2.75) is 38.0 Å². The number of primary amides is 1. The van der Waals surface area contributed by atoms with E-state index in [1.165, 1.54) is 0 Å². The van der Waals surface area contributed by atoms with Crippen LogP contribution in [-0.4, -0.2) is 33.8 Å². The second kappa shape index (κ2) is 8.16. The fraction of sp³-hybridized carbons (Fsp3) is 0.250. The second-order valence-corrected chi connectivity index (χ2v) is 7.63. The summed E-state index contributed by atoms with van der Waals surface area (Å²) in [7, 11) is 0. The smallest absolute Gasteiger partial charge is 0.308 e. The van der Waals surface area contributed by atoms with Gasteiger partial charge in [0.05, 0.1) is 29.8 Å². The van der Waals surface area contributed by atoms with Gasteiger partial charge in [-0.25, -0.2) is 0 Å². The largest absolute Gasteiger partial charge is 0.460 e. The molecule has 3 unspecified atom stereocenters. The molecule has 3 N–H and O–H groups in total. The number of cyclic esters (lactones) is 1. The first kappa shape index (κ1) is 19.9. The summed E-state index contributed by atoms with van der Waals surface area (Å²) in [4.78, 5) is 24.3. The molecule has 0 bridgehead atoms. The summed E-state index contributed by atoms with van der Waals surface area (Å²) >= 11 is 0. The molecule has 0 saturated carbocycles. The van der Waals surface area contributed by atoms with Gasteiger partial charge < -0.3 is 20.1 Å². The Hall–Kier alpha value is -3.38.